The van der Waals surface area contributed by atoms with Crippen LogP contribution in [0, 0.1) is 6.92 Å². The molecule has 0 spiro atoms. The number of aromatic nitrogens is 1. The van der Waals surface area contributed by atoms with Gasteiger partial charge in [0.1, 0.15) is 0 Å². The lowest BCUT2D eigenvalue weighted by Gasteiger charge is -2.34. The molecule has 1 aliphatic heterocycles. The molecular formula is C16H19ClN4OS. The zero-order chi connectivity index (χ0) is 16.4. The van der Waals surface area contributed by atoms with Crippen LogP contribution >= 0.6 is 22.9 Å². The summed E-state index contributed by atoms with van der Waals surface area (Å²) in [5.74, 6) is 0. The molecule has 2 aromatic rings. The number of piperazine rings is 1. The molecule has 0 unspecified atom stereocenters. The minimum atomic E-state index is -0.0310. The van der Waals surface area contributed by atoms with E-state index in [1.807, 2.05) is 24.0 Å². The number of hydrogen-bond donors (Lipinski definition) is 1. The smallest absolute Gasteiger partial charge is 0.317 e. The van der Waals surface area contributed by atoms with Gasteiger partial charge in [-0.15, -0.1) is 6.58 Å². The van der Waals surface area contributed by atoms with E-state index in [9.17, 15) is 4.79 Å². The summed E-state index contributed by atoms with van der Waals surface area (Å²) < 4.78 is 1.15. The Morgan fingerprint density at radius 3 is 2.87 bits per heavy atom. The molecule has 1 N–H and O–H groups in total. The number of urea groups is 1. The van der Waals surface area contributed by atoms with Crippen LogP contribution in [0.4, 0.5) is 9.93 Å². The van der Waals surface area contributed by atoms with Crippen LogP contribution in [0.3, 0.4) is 0 Å². The normalized spacial score (nSPS) is 15.0. The second-order valence-corrected chi connectivity index (χ2v) is 6.88. The lowest BCUT2D eigenvalue weighted by molar-refractivity contribution is 0.195. The van der Waals surface area contributed by atoms with Crippen molar-refractivity contribution >= 4 is 44.3 Å². The summed E-state index contributed by atoms with van der Waals surface area (Å²) in [5.41, 5.74) is 2.00. The molecule has 1 aromatic carbocycles. The van der Waals surface area contributed by atoms with Gasteiger partial charge in [0.2, 0.25) is 0 Å². The summed E-state index contributed by atoms with van der Waals surface area (Å²) in [4.78, 5) is 20.7. The Morgan fingerprint density at radius 1 is 1.43 bits per heavy atom. The van der Waals surface area contributed by atoms with Crippen LogP contribution in [0.15, 0.2) is 24.8 Å². The van der Waals surface area contributed by atoms with Gasteiger partial charge in [-0.2, -0.15) is 0 Å². The predicted octanol–water partition coefficient (Wildman–Crippen LogP) is 3.28. The third-order valence-electron chi connectivity index (χ3n) is 3.97. The Bertz CT molecular complexity index is 737. The van der Waals surface area contributed by atoms with Crippen molar-refractivity contribution in [3.8, 4) is 0 Å². The molecule has 0 radical (unpaired) electrons. The number of nitrogens with one attached hydrogen (secondary N) is 1. The van der Waals surface area contributed by atoms with E-state index in [1.54, 1.807) is 17.4 Å². The van der Waals surface area contributed by atoms with Crippen molar-refractivity contribution in [1.29, 1.82) is 0 Å². The second-order valence-electron chi connectivity index (χ2n) is 5.46. The van der Waals surface area contributed by atoms with Crippen LogP contribution in [0.25, 0.3) is 10.2 Å². The number of benzene rings is 1. The Hall–Kier alpha value is -1.79. The van der Waals surface area contributed by atoms with E-state index in [-0.39, 0.29) is 6.03 Å². The molecule has 1 fully saturated rings. The van der Waals surface area contributed by atoms with Crippen LogP contribution in [0.2, 0.25) is 5.02 Å². The van der Waals surface area contributed by atoms with Crippen molar-refractivity contribution in [2.24, 2.45) is 0 Å². The van der Waals surface area contributed by atoms with Crippen molar-refractivity contribution < 1.29 is 4.79 Å². The van der Waals surface area contributed by atoms with Gasteiger partial charge in [0.25, 0.3) is 0 Å². The van der Waals surface area contributed by atoms with Crippen LogP contribution in [-0.4, -0.2) is 48.6 Å². The molecule has 0 saturated carbocycles. The quantitative estimate of drug-likeness (QED) is 0.864. The van der Waals surface area contributed by atoms with Crippen molar-refractivity contribution in [3.63, 3.8) is 0 Å². The summed E-state index contributed by atoms with van der Waals surface area (Å²) in [5, 5.41) is 4.56. The maximum atomic E-state index is 11.9. The number of hydrogen-bond acceptors (Lipinski definition) is 4. The molecular weight excluding hydrogens is 332 g/mol. The zero-order valence-electron chi connectivity index (χ0n) is 13.0. The number of carbonyl (C=O) groups excluding carboxylic acids is 1. The Balaban J connectivity index is 1.69. The molecule has 1 saturated heterocycles. The highest BCUT2D eigenvalue weighted by Crippen LogP contribution is 2.33. The van der Waals surface area contributed by atoms with E-state index < -0.39 is 0 Å². The molecule has 0 bridgehead atoms. The largest absolute Gasteiger partial charge is 0.345 e. The number of nitrogens with zero attached hydrogens (tertiary/aromatic N) is 3. The molecule has 3 rings (SSSR count). The fourth-order valence-corrected chi connectivity index (χ4v) is 3.83. The van der Waals surface area contributed by atoms with Gasteiger partial charge in [-0.25, -0.2) is 9.78 Å². The van der Waals surface area contributed by atoms with Gasteiger partial charge < -0.3 is 15.1 Å². The predicted molar refractivity (Wildman–Crippen MR) is 96.7 cm³/mol. The molecule has 0 aliphatic carbocycles. The van der Waals surface area contributed by atoms with E-state index in [4.69, 9.17) is 16.6 Å². The monoisotopic (exact) mass is 350 g/mol. The van der Waals surface area contributed by atoms with E-state index >= 15 is 0 Å². The van der Waals surface area contributed by atoms with Crippen LogP contribution < -0.4 is 10.2 Å². The van der Waals surface area contributed by atoms with E-state index in [0.717, 1.165) is 39.0 Å². The molecule has 1 aromatic heterocycles. The topological polar surface area (TPSA) is 48.5 Å². The van der Waals surface area contributed by atoms with Crippen molar-refractivity contribution in [2.75, 3.05) is 37.6 Å². The molecule has 0 atom stereocenters. The van der Waals surface area contributed by atoms with Gasteiger partial charge in [0.15, 0.2) is 5.13 Å². The van der Waals surface area contributed by atoms with E-state index in [1.165, 1.54) is 0 Å². The average Bonchev–Trinajstić information content (AvgIpc) is 3.01. The van der Waals surface area contributed by atoms with Gasteiger partial charge in [0, 0.05) is 37.7 Å². The number of anilines is 1. The SMILES string of the molecule is C=CCNC(=O)N1CCN(c2nc3c(C)c(Cl)ccc3s2)CC1. The number of fused-ring (bicyclic) bond motifs is 1. The third-order valence-corrected chi connectivity index (χ3v) is 5.46. The number of aryl methyl sites for hydroxylation is 1. The van der Waals surface area contributed by atoms with Crippen molar-refractivity contribution in [2.45, 2.75) is 6.92 Å². The van der Waals surface area contributed by atoms with E-state index in [2.05, 4.69) is 16.8 Å². The molecule has 5 nitrogen and oxygen atoms in total. The van der Waals surface area contributed by atoms with Gasteiger partial charge >= 0.3 is 6.03 Å². The highest BCUT2D eigenvalue weighted by molar-refractivity contribution is 7.22. The molecule has 23 heavy (non-hydrogen) atoms. The first kappa shape index (κ1) is 16.1. The minimum Gasteiger partial charge on any atom is -0.345 e. The van der Waals surface area contributed by atoms with Gasteiger partial charge in [-0.3, -0.25) is 0 Å². The molecule has 7 heteroatoms. The number of carbonyl (C=O) groups is 1. The van der Waals surface area contributed by atoms with Gasteiger partial charge in [-0.1, -0.05) is 29.0 Å². The third kappa shape index (κ3) is 3.28. The maximum absolute atomic E-state index is 11.9. The lowest BCUT2D eigenvalue weighted by atomic mass is 10.2. The van der Waals surface area contributed by atoms with E-state index in [0.29, 0.717) is 19.6 Å². The fourth-order valence-electron chi connectivity index (χ4n) is 2.60. The number of amides is 2. The number of halogens is 1. The summed E-state index contributed by atoms with van der Waals surface area (Å²) in [7, 11) is 0. The summed E-state index contributed by atoms with van der Waals surface area (Å²) in [6.45, 7) is 9.06. The van der Waals surface area contributed by atoms with Crippen LogP contribution in [0.5, 0.6) is 0 Å². The lowest BCUT2D eigenvalue weighted by Crippen LogP contribution is -2.51. The first-order chi connectivity index (χ1) is 11.1. The zero-order valence-corrected chi connectivity index (χ0v) is 14.6. The number of rotatable bonds is 3. The second kappa shape index (κ2) is 6.76. The molecule has 122 valence electrons. The Kier molecular flexibility index (Phi) is 4.73. The highest BCUT2D eigenvalue weighted by Gasteiger charge is 2.23. The number of thiazole rings is 1. The standard InChI is InChI=1S/C16H19ClN4OS/c1-3-6-18-15(22)20-7-9-21(10-8-20)16-19-14-11(2)12(17)4-5-13(14)23-16/h3-5H,1,6-10H2,2H3,(H,18,22). The van der Waals surface area contributed by atoms with Gasteiger partial charge in [-0.05, 0) is 24.6 Å². The van der Waals surface area contributed by atoms with Gasteiger partial charge in [0.05, 0.1) is 10.2 Å². The Morgan fingerprint density at radius 2 is 2.17 bits per heavy atom. The van der Waals surface area contributed by atoms with Crippen LogP contribution in [0.1, 0.15) is 5.56 Å². The fraction of sp³-hybridized carbons (Fsp3) is 0.375. The molecule has 1 aliphatic rings. The highest BCUT2D eigenvalue weighted by atomic mass is 35.5. The average molecular weight is 351 g/mol. The first-order valence-corrected chi connectivity index (χ1v) is 8.74. The Labute approximate surface area is 144 Å². The minimum absolute atomic E-state index is 0.0310. The van der Waals surface area contributed by atoms with Crippen molar-refractivity contribution in [3.05, 3.63) is 35.4 Å². The molecule has 2 amide bonds. The van der Waals surface area contributed by atoms with Crippen molar-refractivity contribution in [1.82, 2.24) is 15.2 Å². The summed E-state index contributed by atoms with van der Waals surface area (Å²) >= 11 is 7.85. The summed E-state index contributed by atoms with van der Waals surface area (Å²) in [6, 6.07) is 3.91. The molecule has 2 heterocycles. The first-order valence-electron chi connectivity index (χ1n) is 7.54. The maximum Gasteiger partial charge on any atom is 0.317 e. The summed E-state index contributed by atoms with van der Waals surface area (Å²) in [6.07, 6.45) is 1.68. The van der Waals surface area contributed by atoms with Crippen LogP contribution in [-0.2, 0) is 0 Å².